The maximum absolute atomic E-state index is 11.4. The van der Waals surface area contributed by atoms with Crippen molar-refractivity contribution in [1.29, 1.82) is 0 Å². The van der Waals surface area contributed by atoms with E-state index in [0.717, 1.165) is 13.1 Å². The van der Waals surface area contributed by atoms with Gasteiger partial charge in [-0.3, -0.25) is 4.90 Å². The van der Waals surface area contributed by atoms with Gasteiger partial charge in [-0.05, 0) is 31.1 Å². The summed E-state index contributed by atoms with van der Waals surface area (Å²) in [5.41, 5.74) is 0.498. The van der Waals surface area contributed by atoms with Crippen molar-refractivity contribution < 1.29 is 8.42 Å². The van der Waals surface area contributed by atoms with Crippen LogP contribution in [0.2, 0.25) is 0 Å². The van der Waals surface area contributed by atoms with Gasteiger partial charge < -0.3 is 0 Å². The zero-order chi connectivity index (χ0) is 11.8. The summed E-state index contributed by atoms with van der Waals surface area (Å²) in [6, 6.07) is 0.642. The summed E-state index contributed by atoms with van der Waals surface area (Å²) >= 11 is 0. The van der Waals surface area contributed by atoms with E-state index in [1.54, 1.807) is 0 Å². The first-order chi connectivity index (χ1) is 7.38. The molecule has 0 amide bonds. The SMILES string of the molecule is CC1(C)CCC(N2CCS(=O)(=O)CC2)CC1. The molecule has 0 atom stereocenters. The average molecular weight is 245 g/mol. The molecule has 1 aliphatic carbocycles. The number of hydrogen-bond donors (Lipinski definition) is 0. The van der Waals surface area contributed by atoms with Crippen LogP contribution in [0.4, 0.5) is 0 Å². The first-order valence-electron chi connectivity index (χ1n) is 6.32. The monoisotopic (exact) mass is 245 g/mol. The molecular formula is C12H23NO2S. The van der Waals surface area contributed by atoms with Gasteiger partial charge in [-0.2, -0.15) is 0 Å². The predicted octanol–water partition coefficient (Wildman–Crippen LogP) is 1.69. The minimum atomic E-state index is -2.72. The molecule has 2 fully saturated rings. The van der Waals surface area contributed by atoms with Crippen molar-refractivity contribution in [3.8, 4) is 0 Å². The number of hydrogen-bond acceptors (Lipinski definition) is 3. The van der Waals surface area contributed by atoms with E-state index in [1.807, 2.05) is 0 Å². The second-order valence-corrected chi connectivity index (χ2v) is 8.39. The molecule has 0 aromatic heterocycles. The molecule has 2 rings (SSSR count). The summed E-state index contributed by atoms with van der Waals surface area (Å²) in [4.78, 5) is 2.40. The molecule has 16 heavy (non-hydrogen) atoms. The van der Waals surface area contributed by atoms with Crippen LogP contribution in [0.25, 0.3) is 0 Å². The standard InChI is InChI=1S/C12H23NO2S/c1-12(2)5-3-11(4-6-12)13-7-9-16(14,15)10-8-13/h11H,3-10H2,1-2H3. The number of sulfone groups is 1. The van der Waals surface area contributed by atoms with Crippen LogP contribution in [0.3, 0.4) is 0 Å². The molecule has 2 aliphatic rings. The zero-order valence-corrected chi connectivity index (χ0v) is 11.2. The lowest BCUT2D eigenvalue weighted by atomic mass is 9.75. The smallest absolute Gasteiger partial charge is 0.152 e. The van der Waals surface area contributed by atoms with Gasteiger partial charge in [0.1, 0.15) is 0 Å². The maximum atomic E-state index is 11.4. The lowest BCUT2D eigenvalue weighted by Gasteiger charge is -2.41. The summed E-state index contributed by atoms with van der Waals surface area (Å²) in [5.74, 6) is 0.736. The van der Waals surface area contributed by atoms with Crippen molar-refractivity contribution in [2.45, 2.75) is 45.6 Å². The minimum absolute atomic E-state index is 0.368. The Labute approximate surface area is 99.1 Å². The van der Waals surface area contributed by atoms with Crippen molar-refractivity contribution in [2.75, 3.05) is 24.6 Å². The zero-order valence-electron chi connectivity index (χ0n) is 10.4. The Morgan fingerprint density at radius 3 is 2.06 bits per heavy atom. The van der Waals surface area contributed by atoms with E-state index in [9.17, 15) is 8.42 Å². The molecule has 1 aliphatic heterocycles. The van der Waals surface area contributed by atoms with Crippen molar-refractivity contribution in [3.63, 3.8) is 0 Å². The number of nitrogens with zero attached hydrogens (tertiary/aromatic N) is 1. The highest BCUT2D eigenvalue weighted by Gasteiger charge is 2.32. The van der Waals surface area contributed by atoms with E-state index in [4.69, 9.17) is 0 Å². The highest BCUT2D eigenvalue weighted by molar-refractivity contribution is 7.91. The molecule has 1 saturated heterocycles. The lowest BCUT2D eigenvalue weighted by molar-refractivity contribution is 0.114. The van der Waals surface area contributed by atoms with Gasteiger partial charge in [0.2, 0.25) is 0 Å². The molecule has 0 aromatic rings. The Hall–Kier alpha value is -0.0900. The molecule has 1 heterocycles. The largest absolute Gasteiger partial charge is 0.298 e. The highest BCUT2D eigenvalue weighted by atomic mass is 32.2. The highest BCUT2D eigenvalue weighted by Crippen LogP contribution is 2.37. The van der Waals surface area contributed by atoms with Crippen LogP contribution in [0, 0.1) is 5.41 Å². The van der Waals surface area contributed by atoms with Crippen molar-refractivity contribution in [2.24, 2.45) is 5.41 Å². The Bertz CT molecular complexity index is 324. The molecule has 0 bridgehead atoms. The predicted molar refractivity (Wildman–Crippen MR) is 66.3 cm³/mol. The van der Waals surface area contributed by atoms with Gasteiger partial charge >= 0.3 is 0 Å². The Kier molecular flexibility index (Phi) is 3.32. The molecule has 0 spiro atoms. The average Bonchev–Trinajstić information content (AvgIpc) is 2.19. The molecule has 0 N–H and O–H groups in total. The normalized spacial score (nSPS) is 31.4. The molecule has 1 saturated carbocycles. The van der Waals surface area contributed by atoms with Gasteiger partial charge in [-0.25, -0.2) is 8.42 Å². The first kappa shape index (κ1) is 12.4. The molecule has 94 valence electrons. The quantitative estimate of drug-likeness (QED) is 0.705. The molecule has 3 nitrogen and oxygen atoms in total. The maximum Gasteiger partial charge on any atom is 0.152 e. The molecule has 0 radical (unpaired) electrons. The van der Waals surface area contributed by atoms with Gasteiger partial charge in [0.15, 0.2) is 9.84 Å². The van der Waals surface area contributed by atoms with Crippen LogP contribution in [-0.2, 0) is 9.84 Å². The third-order valence-corrected chi connectivity index (χ3v) is 5.81. The molecule has 4 heteroatoms. The van der Waals surface area contributed by atoms with Crippen LogP contribution in [0.15, 0.2) is 0 Å². The van der Waals surface area contributed by atoms with Crippen LogP contribution in [-0.4, -0.2) is 44.0 Å². The van der Waals surface area contributed by atoms with Crippen LogP contribution in [0.1, 0.15) is 39.5 Å². The van der Waals surface area contributed by atoms with Crippen molar-refractivity contribution >= 4 is 9.84 Å². The van der Waals surface area contributed by atoms with Gasteiger partial charge in [0.05, 0.1) is 11.5 Å². The molecular weight excluding hydrogens is 222 g/mol. The third kappa shape index (κ3) is 2.98. The second kappa shape index (κ2) is 4.30. The van der Waals surface area contributed by atoms with E-state index in [2.05, 4.69) is 18.7 Å². The van der Waals surface area contributed by atoms with E-state index >= 15 is 0 Å². The Morgan fingerprint density at radius 2 is 1.56 bits per heavy atom. The summed E-state index contributed by atoms with van der Waals surface area (Å²) < 4.78 is 22.7. The van der Waals surface area contributed by atoms with E-state index < -0.39 is 9.84 Å². The summed E-state index contributed by atoms with van der Waals surface area (Å²) in [5, 5.41) is 0. The Morgan fingerprint density at radius 1 is 1.06 bits per heavy atom. The van der Waals surface area contributed by atoms with Crippen LogP contribution >= 0.6 is 0 Å². The summed E-state index contributed by atoms with van der Waals surface area (Å²) in [6.07, 6.45) is 5.04. The fraction of sp³-hybridized carbons (Fsp3) is 1.00. The van der Waals surface area contributed by atoms with E-state index in [1.165, 1.54) is 25.7 Å². The lowest BCUT2D eigenvalue weighted by Crippen LogP contribution is -2.47. The van der Waals surface area contributed by atoms with Gasteiger partial charge in [0.25, 0.3) is 0 Å². The Balaban J connectivity index is 1.87. The fourth-order valence-corrected chi connectivity index (χ4v) is 4.07. The molecule has 0 aromatic carbocycles. The first-order valence-corrected chi connectivity index (χ1v) is 8.15. The van der Waals surface area contributed by atoms with Crippen molar-refractivity contribution in [1.82, 2.24) is 4.90 Å². The van der Waals surface area contributed by atoms with Crippen LogP contribution < -0.4 is 0 Å². The van der Waals surface area contributed by atoms with E-state index in [0.29, 0.717) is 23.0 Å². The van der Waals surface area contributed by atoms with Gasteiger partial charge in [-0.1, -0.05) is 13.8 Å². The van der Waals surface area contributed by atoms with Gasteiger partial charge in [-0.15, -0.1) is 0 Å². The topological polar surface area (TPSA) is 37.4 Å². The third-order valence-electron chi connectivity index (χ3n) is 4.20. The van der Waals surface area contributed by atoms with E-state index in [-0.39, 0.29) is 0 Å². The number of rotatable bonds is 1. The minimum Gasteiger partial charge on any atom is -0.298 e. The molecule has 0 unspecified atom stereocenters. The van der Waals surface area contributed by atoms with Gasteiger partial charge in [0, 0.05) is 19.1 Å². The summed E-state index contributed by atoms with van der Waals surface area (Å²) in [7, 11) is -2.72. The summed E-state index contributed by atoms with van der Waals surface area (Å²) in [6.45, 7) is 6.19. The second-order valence-electron chi connectivity index (χ2n) is 6.08. The van der Waals surface area contributed by atoms with Crippen molar-refractivity contribution in [3.05, 3.63) is 0 Å². The van der Waals surface area contributed by atoms with Crippen LogP contribution in [0.5, 0.6) is 0 Å². The fourth-order valence-electron chi connectivity index (χ4n) is 2.84.